The maximum Gasteiger partial charge on any atom is 0.332 e. The van der Waals surface area contributed by atoms with E-state index in [0.29, 0.717) is 35.1 Å². The molecule has 1 aliphatic rings. The average molecular weight is 404 g/mol. The molecule has 1 atom stereocenters. The summed E-state index contributed by atoms with van der Waals surface area (Å²) in [6, 6.07) is 7.48. The van der Waals surface area contributed by atoms with Crippen LogP contribution in [0.1, 0.15) is 13.3 Å². The summed E-state index contributed by atoms with van der Waals surface area (Å²) in [6.07, 6.45) is 0.342. The van der Waals surface area contributed by atoms with E-state index < -0.39 is 5.69 Å². The predicted octanol–water partition coefficient (Wildman–Crippen LogP) is 1.72. The van der Waals surface area contributed by atoms with Crippen LogP contribution in [0.15, 0.2) is 33.9 Å². The third-order valence-corrected chi connectivity index (χ3v) is 5.37. The van der Waals surface area contributed by atoms with Gasteiger partial charge in [0.25, 0.3) is 5.56 Å². The summed E-state index contributed by atoms with van der Waals surface area (Å²) in [6.45, 7) is 3.60. The molecule has 2 aromatic heterocycles. The van der Waals surface area contributed by atoms with Gasteiger partial charge in [-0.15, -0.1) is 0 Å². The van der Waals surface area contributed by atoms with Gasteiger partial charge in [0.2, 0.25) is 5.95 Å². The fourth-order valence-corrected chi connectivity index (χ4v) is 3.90. The number of halogens is 1. The molecule has 148 valence electrons. The van der Waals surface area contributed by atoms with Crippen molar-refractivity contribution >= 4 is 34.4 Å². The van der Waals surface area contributed by atoms with E-state index >= 15 is 0 Å². The fraction of sp³-hybridized carbons (Fsp3) is 0.421. The molecule has 1 aliphatic heterocycles. The average Bonchev–Trinajstić information content (AvgIpc) is 3.06. The number of aliphatic hydroxyl groups excluding tert-OH is 1. The van der Waals surface area contributed by atoms with Gasteiger partial charge in [-0.05, 0) is 36.6 Å². The number of benzene rings is 1. The molecule has 0 radical (unpaired) electrons. The van der Waals surface area contributed by atoms with Crippen molar-refractivity contribution in [3.8, 4) is 0 Å². The van der Waals surface area contributed by atoms with Gasteiger partial charge in [-0.2, -0.15) is 4.98 Å². The molecule has 0 saturated carbocycles. The minimum atomic E-state index is -0.424. The number of hydrogen-bond donors (Lipinski definition) is 1. The summed E-state index contributed by atoms with van der Waals surface area (Å²) in [5.74, 6) is 0.922. The minimum Gasteiger partial charge on any atom is -0.396 e. The SMILES string of the molecule is CC1CN(c2ccc(Cl)cc2)c2nc3c(c(=O)n(CCCO)c(=O)n3C)n2C1. The second kappa shape index (κ2) is 7.10. The van der Waals surface area contributed by atoms with Crippen molar-refractivity contribution < 1.29 is 5.11 Å². The number of nitrogens with zero attached hydrogens (tertiary/aromatic N) is 5. The van der Waals surface area contributed by atoms with Crippen molar-refractivity contribution in [1.82, 2.24) is 18.7 Å². The molecule has 0 fully saturated rings. The zero-order valence-electron chi connectivity index (χ0n) is 15.8. The highest BCUT2D eigenvalue weighted by Crippen LogP contribution is 2.33. The number of aryl methyl sites for hydroxylation is 1. The second-order valence-electron chi connectivity index (χ2n) is 7.26. The maximum absolute atomic E-state index is 13.1. The van der Waals surface area contributed by atoms with E-state index in [9.17, 15) is 9.59 Å². The van der Waals surface area contributed by atoms with Gasteiger partial charge in [0.1, 0.15) is 0 Å². The molecule has 0 aliphatic carbocycles. The quantitative estimate of drug-likeness (QED) is 0.717. The highest BCUT2D eigenvalue weighted by Gasteiger charge is 2.29. The first kappa shape index (κ1) is 18.8. The summed E-state index contributed by atoms with van der Waals surface area (Å²) in [5, 5.41) is 9.75. The van der Waals surface area contributed by atoms with E-state index in [4.69, 9.17) is 16.7 Å². The predicted molar refractivity (Wildman–Crippen MR) is 109 cm³/mol. The van der Waals surface area contributed by atoms with Crippen LogP contribution in [0.4, 0.5) is 11.6 Å². The molecular formula is C19H22ClN5O3. The van der Waals surface area contributed by atoms with Crippen LogP contribution in [-0.2, 0) is 20.1 Å². The number of fused-ring (bicyclic) bond motifs is 3. The molecule has 4 rings (SSSR count). The number of anilines is 2. The van der Waals surface area contributed by atoms with Gasteiger partial charge in [-0.1, -0.05) is 18.5 Å². The standard InChI is InChI=1S/C19H22ClN5O3/c1-12-10-24(14-6-4-13(20)5-7-14)18-21-16-15(25(18)11-12)17(27)23(8-3-9-26)19(28)22(16)2/h4-7,12,26H,3,8-11H2,1-2H3. The van der Waals surface area contributed by atoms with Crippen LogP contribution in [0.5, 0.6) is 0 Å². The smallest absolute Gasteiger partial charge is 0.332 e. The number of aliphatic hydroxyl groups is 1. The first-order valence-corrected chi connectivity index (χ1v) is 9.64. The molecule has 1 N–H and O–H groups in total. The monoisotopic (exact) mass is 403 g/mol. The van der Waals surface area contributed by atoms with Crippen LogP contribution in [0.2, 0.25) is 5.02 Å². The highest BCUT2D eigenvalue weighted by molar-refractivity contribution is 6.30. The van der Waals surface area contributed by atoms with E-state index in [1.807, 2.05) is 33.7 Å². The zero-order valence-corrected chi connectivity index (χ0v) is 16.6. The number of hydrogen-bond acceptors (Lipinski definition) is 5. The summed E-state index contributed by atoms with van der Waals surface area (Å²) in [7, 11) is 1.62. The number of rotatable bonds is 4. The third-order valence-electron chi connectivity index (χ3n) is 5.12. The molecular weight excluding hydrogens is 382 g/mol. The fourth-order valence-electron chi connectivity index (χ4n) is 3.77. The van der Waals surface area contributed by atoms with Crippen molar-refractivity contribution in [3.63, 3.8) is 0 Å². The second-order valence-corrected chi connectivity index (χ2v) is 7.70. The van der Waals surface area contributed by atoms with Crippen LogP contribution in [0.25, 0.3) is 11.2 Å². The Balaban J connectivity index is 1.96. The molecule has 9 heteroatoms. The Kier molecular flexibility index (Phi) is 4.76. The van der Waals surface area contributed by atoms with Gasteiger partial charge in [-0.25, -0.2) is 4.79 Å². The lowest BCUT2D eigenvalue weighted by molar-refractivity contribution is 0.277. The molecule has 3 heterocycles. The Morgan fingerprint density at radius 3 is 2.61 bits per heavy atom. The zero-order chi connectivity index (χ0) is 20.0. The molecule has 1 aromatic carbocycles. The Morgan fingerprint density at radius 2 is 1.93 bits per heavy atom. The van der Waals surface area contributed by atoms with E-state index in [2.05, 4.69) is 11.9 Å². The van der Waals surface area contributed by atoms with Gasteiger partial charge in [0.15, 0.2) is 11.2 Å². The van der Waals surface area contributed by atoms with Crippen molar-refractivity contribution in [3.05, 3.63) is 50.1 Å². The normalized spacial score (nSPS) is 16.6. The largest absolute Gasteiger partial charge is 0.396 e. The van der Waals surface area contributed by atoms with Crippen LogP contribution in [-0.4, -0.2) is 36.9 Å². The molecule has 3 aromatic rings. The topological polar surface area (TPSA) is 85.3 Å². The highest BCUT2D eigenvalue weighted by atomic mass is 35.5. The van der Waals surface area contributed by atoms with Crippen LogP contribution in [0, 0.1) is 5.92 Å². The Bertz CT molecular complexity index is 1150. The lowest BCUT2D eigenvalue weighted by Crippen LogP contribution is -2.40. The van der Waals surface area contributed by atoms with Gasteiger partial charge in [0.05, 0.1) is 0 Å². The first-order chi connectivity index (χ1) is 13.4. The van der Waals surface area contributed by atoms with Crippen LogP contribution < -0.4 is 16.1 Å². The number of aromatic nitrogens is 4. The van der Waals surface area contributed by atoms with Crippen molar-refractivity contribution in [2.75, 3.05) is 18.1 Å². The molecule has 28 heavy (non-hydrogen) atoms. The van der Waals surface area contributed by atoms with Gasteiger partial charge in [-0.3, -0.25) is 13.9 Å². The van der Waals surface area contributed by atoms with Crippen molar-refractivity contribution in [1.29, 1.82) is 0 Å². The Hall–Kier alpha value is -2.58. The summed E-state index contributed by atoms with van der Waals surface area (Å²) in [5.41, 5.74) is 0.930. The van der Waals surface area contributed by atoms with E-state index in [1.165, 1.54) is 9.13 Å². The van der Waals surface area contributed by atoms with E-state index in [1.54, 1.807) is 7.05 Å². The van der Waals surface area contributed by atoms with E-state index in [0.717, 1.165) is 12.2 Å². The third kappa shape index (κ3) is 2.93. The lowest BCUT2D eigenvalue weighted by atomic mass is 10.1. The van der Waals surface area contributed by atoms with Crippen LogP contribution >= 0.6 is 11.6 Å². The number of imidazole rings is 1. The van der Waals surface area contributed by atoms with E-state index in [-0.39, 0.29) is 24.6 Å². The molecule has 1 unspecified atom stereocenters. The lowest BCUT2D eigenvalue weighted by Gasteiger charge is -2.33. The van der Waals surface area contributed by atoms with Crippen LogP contribution in [0.3, 0.4) is 0 Å². The van der Waals surface area contributed by atoms with Crippen molar-refractivity contribution in [2.45, 2.75) is 26.4 Å². The summed E-state index contributed by atoms with van der Waals surface area (Å²) in [4.78, 5) is 32.5. The Morgan fingerprint density at radius 1 is 1.21 bits per heavy atom. The molecule has 0 spiro atoms. The molecule has 0 amide bonds. The van der Waals surface area contributed by atoms with Gasteiger partial charge < -0.3 is 14.6 Å². The first-order valence-electron chi connectivity index (χ1n) is 9.26. The Labute approximate surface area is 166 Å². The molecule has 8 nitrogen and oxygen atoms in total. The van der Waals surface area contributed by atoms with Gasteiger partial charge >= 0.3 is 5.69 Å². The summed E-state index contributed by atoms with van der Waals surface area (Å²) < 4.78 is 4.48. The molecule has 0 saturated heterocycles. The van der Waals surface area contributed by atoms with Gasteiger partial charge in [0, 0.05) is 44.0 Å². The maximum atomic E-state index is 13.1. The minimum absolute atomic E-state index is 0.0838. The molecule has 0 bridgehead atoms. The summed E-state index contributed by atoms with van der Waals surface area (Å²) >= 11 is 6.02. The van der Waals surface area contributed by atoms with Crippen molar-refractivity contribution in [2.24, 2.45) is 13.0 Å².